The molecule has 1 saturated heterocycles. The molecule has 16 heavy (non-hydrogen) atoms. The van der Waals surface area contributed by atoms with E-state index in [1.807, 2.05) is 0 Å². The minimum Gasteiger partial charge on any atom is -0.378 e. The summed E-state index contributed by atoms with van der Waals surface area (Å²) in [7, 11) is 0. The van der Waals surface area contributed by atoms with Crippen LogP contribution in [0.4, 0.5) is 0 Å². The highest BCUT2D eigenvalue weighted by Gasteiger charge is 2.25. The molecule has 3 unspecified atom stereocenters. The van der Waals surface area contributed by atoms with E-state index in [1.165, 1.54) is 51.4 Å². The fraction of sp³-hybridized carbons (Fsp3) is 1.00. The summed E-state index contributed by atoms with van der Waals surface area (Å²) in [6, 6.07) is 0.800. The van der Waals surface area contributed by atoms with Gasteiger partial charge in [-0.1, -0.05) is 19.8 Å². The van der Waals surface area contributed by atoms with Gasteiger partial charge in [-0.25, -0.2) is 0 Å². The van der Waals surface area contributed by atoms with Crippen LogP contribution in [0.1, 0.15) is 58.3 Å². The molecule has 1 aliphatic heterocycles. The molecule has 1 N–H and O–H groups in total. The van der Waals surface area contributed by atoms with Crippen LogP contribution in [-0.4, -0.2) is 25.3 Å². The van der Waals surface area contributed by atoms with Crippen molar-refractivity contribution < 1.29 is 4.74 Å². The van der Waals surface area contributed by atoms with Crippen LogP contribution in [0.25, 0.3) is 0 Å². The second-order valence-corrected chi connectivity index (χ2v) is 5.44. The Balaban J connectivity index is 1.59. The molecule has 2 rings (SSSR count). The Morgan fingerprint density at radius 1 is 1.12 bits per heavy atom. The van der Waals surface area contributed by atoms with Crippen molar-refractivity contribution >= 4 is 0 Å². The molecular weight excluding hydrogens is 198 g/mol. The third-order valence-corrected chi connectivity index (χ3v) is 4.33. The van der Waals surface area contributed by atoms with Crippen molar-refractivity contribution in [2.75, 3.05) is 13.2 Å². The fourth-order valence-corrected chi connectivity index (χ4v) is 3.26. The maximum atomic E-state index is 5.76. The number of rotatable bonds is 5. The Morgan fingerprint density at radius 3 is 2.81 bits per heavy atom. The predicted molar refractivity (Wildman–Crippen MR) is 67.6 cm³/mol. The molecule has 2 nitrogen and oxygen atoms in total. The second kappa shape index (κ2) is 6.61. The van der Waals surface area contributed by atoms with Gasteiger partial charge in [0, 0.05) is 12.6 Å². The lowest BCUT2D eigenvalue weighted by molar-refractivity contribution is 0.0110. The molecule has 3 atom stereocenters. The summed E-state index contributed by atoms with van der Waals surface area (Å²) in [6.45, 7) is 4.48. The van der Waals surface area contributed by atoms with Crippen molar-refractivity contribution in [3.05, 3.63) is 0 Å². The lowest BCUT2D eigenvalue weighted by Gasteiger charge is -2.25. The first-order valence-electron chi connectivity index (χ1n) is 7.25. The van der Waals surface area contributed by atoms with Gasteiger partial charge < -0.3 is 10.1 Å². The quantitative estimate of drug-likeness (QED) is 0.776. The Kier molecular flexibility index (Phi) is 5.11. The van der Waals surface area contributed by atoms with Gasteiger partial charge >= 0.3 is 0 Å². The molecule has 0 aromatic carbocycles. The van der Waals surface area contributed by atoms with Crippen molar-refractivity contribution in [3.8, 4) is 0 Å². The maximum absolute atomic E-state index is 5.76. The van der Waals surface area contributed by atoms with Gasteiger partial charge in [0.2, 0.25) is 0 Å². The van der Waals surface area contributed by atoms with Gasteiger partial charge in [0.05, 0.1) is 6.10 Å². The van der Waals surface area contributed by atoms with Crippen LogP contribution in [-0.2, 0) is 4.74 Å². The first kappa shape index (κ1) is 12.4. The van der Waals surface area contributed by atoms with Gasteiger partial charge in [-0.15, -0.1) is 0 Å². The third kappa shape index (κ3) is 3.46. The Labute approximate surface area is 100 Å². The smallest absolute Gasteiger partial charge is 0.0587 e. The van der Waals surface area contributed by atoms with E-state index in [0.29, 0.717) is 6.10 Å². The van der Waals surface area contributed by atoms with Gasteiger partial charge in [-0.05, 0) is 51.0 Å². The zero-order valence-electron chi connectivity index (χ0n) is 10.7. The summed E-state index contributed by atoms with van der Waals surface area (Å²) in [5.74, 6) is 0.937. The van der Waals surface area contributed by atoms with Crippen LogP contribution >= 0.6 is 0 Å². The molecule has 1 saturated carbocycles. The van der Waals surface area contributed by atoms with Crippen molar-refractivity contribution in [3.63, 3.8) is 0 Å². The van der Waals surface area contributed by atoms with Crippen LogP contribution in [0.15, 0.2) is 0 Å². The zero-order valence-corrected chi connectivity index (χ0v) is 10.7. The first-order chi connectivity index (χ1) is 7.90. The summed E-state index contributed by atoms with van der Waals surface area (Å²) in [5.41, 5.74) is 0. The molecule has 2 heteroatoms. The van der Waals surface area contributed by atoms with Crippen molar-refractivity contribution in [1.82, 2.24) is 5.32 Å². The highest BCUT2D eigenvalue weighted by atomic mass is 16.5. The van der Waals surface area contributed by atoms with Crippen molar-refractivity contribution in [1.29, 1.82) is 0 Å². The molecule has 2 fully saturated rings. The molecule has 0 radical (unpaired) electrons. The largest absolute Gasteiger partial charge is 0.378 e. The molecule has 0 bridgehead atoms. The summed E-state index contributed by atoms with van der Waals surface area (Å²) in [5, 5.41) is 3.75. The second-order valence-electron chi connectivity index (χ2n) is 5.44. The van der Waals surface area contributed by atoms with Crippen LogP contribution in [0, 0.1) is 5.92 Å². The minimum atomic E-state index is 0.544. The van der Waals surface area contributed by atoms with E-state index in [1.54, 1.807) is 0 Å². The SMILES string of the molecule is CCC1CCCC1NCCC1CCCCO1. The van der Waals surface area contributed by atoms with E-state index in [-0.39, 0.29) is 0 Å². The van der Waals surface area contributed by atoms with E-state index in [2.05, 4.69) is 12.2 Å². The molecule has 0 aromatic rings. The third-order valence-electron chi connectivity index (χ3n) is 4.33. The Hall–Kier alpha value is -0.0800. The van der Waals surface area contributed by atoms with E-state index < -0.39 is 0 Å². The van der Waals surface area contributed by atoms with Crippen LogP contribution in [0.2, 0.25) is 0 Å². The Bertz CT molecular complexity index is 189. The van der Waals surface area contributed by atoms with E-state index in [9.17, 15) is 0 Å². The van der Waals surface area contributed by atoms with Gasteiger partial charge in [-0.3, -0.25) is 0 Å². The average molecular weight is 225 g/mol. The normalized spacial score (nSPS) is 35.4. The summed E-state index contributed by atoms with van der Waals surface area (Å²) in [4.78, 5) is 0. The first-order valence-corrected chi connectivity index (χ1v) is 7.25. The monoisotopic (exact) mass is 225 g/mol. The van der Waals surface area contributed by atoms with E-state index in [0.717, 1.165) is 25.1 Å². The molecule has 0 amide bonds. The van der Waals surface area contributed by atoms with Crippen LogP contribution in [0.5, 0.6) is 0 Å². The highest BCUT2D eigenvalue weighted by molar-refractivity contribution is 4.82. The minimum absolute atomic E-state index is 0.544. The highest BCUT2D eigenvalue weighted by Crippen LogP contribution is 2.28. The maximum Gasteiger partial charge on any atom is 0.0587 e. The zero-order chi connectivity index (χ0) is 11.2. The molecular formula is C14H27NO. The number of nitrogens with one attached hydrogen (secondary N) is 1. The Morgan fingerprint density at radius 2 is 2.06 bits per heavy atom. The predicted octanol–water partition coefficient (Wildman–Crippen LogP) is 3.11. The van der Waals surface area contributed by atoms with E-state index >= 15 is 0 Å². The summed E-state index contributed by atoms with van der Waals surface area (Å²) < 4.78 is 5.76. The fourth-order valence-electron chi connectivity index (χ4n) is 3.26. The lowest BCUT2D eigenvalue weighted by Crippen LogP contribution is -2.35. The molecule has 1 heterocycles. The standard InChI is InChI=1S/C14H27NO/c1-2-12-6-5-8-14(12)15-10-9-13-7-3-4-11-16-13/h12-15H,2-11H2,1H3. The van der Waals surface area contributed by atoms with Gasteiger partial charge in [0.1, 0.15) is 0 Å². The number of ether oxygens (including phenoxy) is 1. The summed E-state index contributed by atoms with van der Waals surface area (Å²) >= 11 is 0. The molecule has 1 aliphatic carbocycles. The van der Waals surface area contributed by atoms with Crippen LogP contribution < -0.4 is 5.32 Å². The topological polar surface area (TPSA) is 21.3 Å². The van der Waals surface area contributed by atoms with Gasteiger partial charge in [0.15, 0.2) is 0 Å². The molecule has 94 valence electrons. The lowest BCUT2D eigenvalue weighted by atomic mass is 10.0. The number of hydrogen-bond acceptors (Lipinski definition) is 2. The van der Waals surface area contributed by atoms with E-state index in [4.69, 9.17) is 4.74 Å². The van der Waals surface area contributed by atoms with Crippen molar-refractivity contribution in [2.24, 2.45) is 5.92 Å². The van der Waals surface area contributed by atoms with Crippen molar-refractivity contribution in [2.45, 2.75) is 70.4 Å². The summed E-state index contributed by atoms with van der Waals surface area (Å²) in [6.07, 6.45) is 11.3. The molecule has 2 aliphatic rings. The molecule has 0 aromatic heterocycles. The number of hydrogen-bond donors (Lipinski definition) is 1. The van der Waals surface area contributed by atoms with Gasteiger partial charge in [-0.2, -0.15) is 0 Å². The van der Waals surface area contributed by atoms with Gasteiger partial charge in [0.25, 0.3) is 0 Å². The molecule has 0 spiro atoms. The average Bonchev–Trinajstić information content (AvgIpc) is 2.78. The van der Waals surface area contributed by atoms with Crippen LogP contribution in [0.3, 0.4) is 0 Å².